The van der Waals surface area contributed by atoms with Crippen LogP contribution in [-0.4, -0.2) is 23.1 Å². The minimum Gasteiger partial charge on any atom is -0.355 e. The van der Waals surface area contributed by atoms with Gasteiger partial charge in [-0.15, -0.1) is 0 Å². The number of nitrogens with zero attached hydrogens (tertiary/aromatic N) is 3. The topological polar surface area (TPSA) is 29.0 Å². The summed E-state index contributed by atoms with van der Waals surface area (Å²) in [5.74, 6) is 2.57. The Labute approximate surface area is 108 Å². The standard InChI is InChI=1S/C15H19N3/c1-11-7-12(2)9-18(8-11)15-13-5-3-4-6-14(13)16-10-17-15/h3-6,10-12H,7-9H2,1-2H3. The molecule has 0 N–H and O–H groups in total. The van der Waals surface area contributed by atoms with Crippen LogP contribution in [0.5, 0.6) is 0 Å². The molecule has 1 fully saturated rings. The maximum absolute atomic E-state index is 4.51. The lowest BCUT2D eigenvalue weighted by atomic mass is 9.92. The molecule has 1 aromatic carbocycles. The normalized spacial score (nSPS) is 24.4. The molecule has 2 heterocycles. The van der Waals surface area contributed by atoms with Gasteiger partial charge in [0.2, 0.25) is 0 Å². The van der Waals surface area contributed by atoms with Crippen molar-refractivity contribution in [3.05, 3.63) is 30.6 Å². The summed E-state index contributed by atoms with van der Waals surface area (Å²) in [6.45, 7) is 6.86. The predicted molar refractivity (Wildman–Crippen MR) is 74.7 cm³/mol. The molecule has 0 spiro atoms. The van der Waals surface area contributed by atoms with Crippen molar-refractivity contribution in [2.75, 3.05) is 18.0 Å². The van der Waals surface area contributed by atoms with Crippen LogP contribution in [0.4, 0.5) is 5.82 Å². The van der Waals surface area contributed by atoms with E-state index in [1.54, 1.807) is 6.33 Å². The SMILES string of the molecule is CC1CC(C)CN(c2ncnc3ccccc23)C1. The van der Waals surface area contributed by atoms with Gasteiger partial charge >= 0.3 is 0 Å². The van der Waals surface area contributed by atoms with Gasteiger partial charge in [0.15, 0.2) is 0 Å². The first kappa shape index (κ1) is 11.5. The number of para-hydroxylation sites is 1. The molecular formula is C15H19N3. The molecule has 0 aliphatic carbocycles. The summed E-state index contributed by atoms with van der Waals surface area (Å²) in [6, 6.07) is 8.26. The Balaban J connectivity index is 2.03. The fourth-order valence-electron chi connectivity index (χ4n) is 3.08. The first-order valence-corrected chi connectivity index (χ1v) is 6.68. The minimum atomic E-state index is 0.738. The number of hydrogen-bond acceptors (Lipinski definition) is 3. The minimum absolute atomic E-state index is 0.738. The highest BCUT2D eigenvalue weighted by Crippen LogP contribution is 2.29. The Morgan fingerprint density at radius 1 is 1.06 bits per heavy atom. The molecule has 2 atom stereocenters. The zero-order valence-corrected chi connectivity index (χ0v) is 11.0. The second-order valence-corrected chi connectivity index (χ2v) is 5.57. The Hall–Kier alpha value is -1.64. The quantitative estimate of drug-likeness (QED) is 0.768. The number of hydrogen-bond donors (Lipinski definition) is 0. The van der Waals surface area contributed by atoms with Crippen LogP contribution in [0, 0.1) is 11.8 Å². The fourth-order valence-corrected chi connectivity index (χ4v) is 3.08. The first-order chi connectivity index (χ1) is 8.74. The highest BCUT2D eigenvalue weighted by atomic mass is 15.2. The smallest absolute Gasteiger partial charge is 0.139 e. The van der Waals surface area contributed by atoms with Gasteiger partial charge in [0.25, 0.3) is 0 Å². The maximum Gasteiger partial charge on any atom is 0.139 e. The molecule has 0 amide bonds. The molecule has 94 valence electrons. The van der Waals surface area contributed by atoms with Gasteiger partial charge in [0.05, 0.1) is 5.52 Å². The molecule has 3 nitrogen and oxygen atoms in total. The van der Waals surface area contributed by atoms with Crippen LogP contribution in [0.3, 0.4) is 0 Å². The third-order valence-electron chi connectivity index (χ3n) is 3.69. The second-order valence-electron chi connectivity index (χ2n) is 5.57. The molecule has 3 rings (SSSR count). The average Bonchev–Trinajstić information content (AvgIpc) is 2.37. The summed E-state index contributed by atoms with van der Waals surface area (Å²) < 4.78 is 0. The molecule has 1 saturated heterocycles. The molecule has 0 saturated carbocycles. The van der Waals surface area contributed by atoms with Crippen LogP contribution < -0.4 is 4.90 Å². The molecule has 1 aliphatic heterocycles. The van der Waals surface area contributed by atoms with Crippen LogP contribution in [0.25, 0.3) is 10.9 Å². The van der Waals surface area contributed by atoms with Gasteiger partial charge in [-0.2, -0.15) is 0 Å². The van der Waals surface area contributed by atoms with Gasteiger partial charge in [-0.3, -0.25) is 0 Å². The zero-order valence-electron chi connectivity index (χ0n) is 11.0. The number of anilines is 1. The van der Waals surface area contributed by atoms with Crippen molar-refractivity contribution in [2.45, 2.75) is 20.3 Å². The van der Waals surface area contributed by atoms with Gasteiger partial charge < -0.3 is 4.90 Å². The molecule has 2 unspecified atom stereocenters. The average molecular weight is 241 g/mol. The molecule has 0 radical (unpaired) electrons. The van der Waals surface area contributed by atoms with Gasteiger partial charge in [-0.05, 0) is 30.4 Å². The second kappa shape index (κ2) is 4.56. The van der Waals surface area contributed by atoms with Gasteiger partial charge in [0.1, 0.15) is 12.1 Å². The van der Waals surface area contributed by atoms with E-state index in [-0.39, 0.29) is 0 Å². The Morgan fingerprint density at radius 2 is 1.78 bits per heavy atom. The van der Waals surface area contributed by atoms with Gasteiger partial charge in [-0.1, -0.05) is 26.0 Å². The van der Waals surface area contributed by atoms with E-state index in [2.05, 4.69) is 46.9 Å². The highest BCUT2D eigenvalue weighted by molar-refractivity contribution is 5.89. The number of benzene rings is 1. The van der Waals surface area contributed by atoms with E-state index in [0.717, 1.165) is 36.3 Å². The molecular weight excluding hydrogens is 222 g/mol. The van der Waals surface area contributed by atoms with E-state index < -0.39 is 0 Å². The van der Waals surface area contributed by atoms with E-state index in [1.807, 2.05) is 6.07 Å². The Morgan fingerprint density at radius 3 is 2.56 bits per heavy atom. The number of piperidine rings is 1. The summed E-state index contributed by atoms with van der Waals surface area (Å²) in [5, 5.41) is 1.17. The number of rotatable bonds is 1. The molecule has 2 aromatic rings. The molecule has 0 bridgehead atoms. The summed E-state index contributed by atoms with van der Waals surface area (Å²) in [5.41, 5.74) is 1.04. The van der Waals surface area contributed by atoms with Crippen molar-refractivity contribution in [3.8, 4) is 0 Å². The van der Waals surface area contributed by atoms with Crippen molar-refractivity contribution in [1.82, 2.24) is 9.97 Å². The fraction of sp³-hybridized carbons (Fsp3) is 0.467. The number of aromatic nitrogens is 2. The summed E-state index contributed by atoms with van der Waals surface area (Å²) >= 11 is 0. The van der Waals surface area contributed by atoms with Crippen LogP contribution in [0.15, 0.2) is 30.6 Å². The van der Waals surface area contributed by atoms with E-state index in [1.165, 1.54) is 11.8 Å². The Kier molecular flexibility index (Phi) is 2.90. The van der Waals surface area contributed by atoms with Crippen molar-refractivity contribution in [3.63, 3.8) is 0 Å². The zero-order chi connectivity index (χ0) is 12.5. The molecule has 1 aliphatic rings. The first-order valence-electron chi connectivity index (χ1n) is 6.68. The lowest BCUT2D eigenvalue weighted by Crippen LogP contribution is -2.39. The van der Waals surface area contributed by atoms with E-state index in [0.29, 0.717) is 0 Å². The number of fused-ring (bicyclic) bond motifs is 1. The Bertz CT molecular complexity index is 537. The molecule has 3 heteroatoms. The van der Waals surface area contributed by atoms with Crippen LogP contribution >= 0.6 is 0 Å². The van der Waals surface area contributed by atoms with Crippen LogP contribution in [0.1, 0.15) is 20.3 Å². The largest absolute Gasteiger partial charge is 0.355 e. The van der Waals surface area contributed by atoms with Crippen molar-refractivity contribution in [2.24, 2.45) is 11.8 Å². The van der Waals surface area contributed by atoms with E-state index in [4.69, 9.17) is 0 Å². The lowest BCUT2D eigenvalue weighted by Gasteiger charge is -2.36. The van der Waals surface area contributed by atoms with Crippen molar-refractivity contribution < 1.29 is 0 Å². The predicted octanol–water partition coefficient (Wildman–Crippen LogP) is 3.11. The van der Waals surface area contributed by atoms with Gasteiger partial charge in [-0.25, -0.2) is 9.97 Å². The third-order valence-corrected chi connectivity index (χ3v) is 3.69. The highest BCUT2D eigenvalue weighted by Gasteiger charge is 2.23. The third kappa shape index (κ3) is 2.05. The van der Waals surface area contributed by atoms with Crippen LogP contribution in [-0.2, 0) is 0 Å². The lowest BCUT2D eigenvalue weighted by molar-refractivity contribution is 0.356. The summed E-state index contributed by atoms with van der Waals surface area (Å²) in [7, 11) is 0. The summed E-state index contributed by atoms with van der Waals surface area (Å²) in [4.78, 5) is 11.3. The molecule has 1 aromatic heterocycles. The summed E-state index contributed by atoms with van der Waals surface area (Å²) in [6.07, 6.45) is 3.00. The maximum atomic E-state index is 4.51. The van der Waals surface area contributed by atoms with Crippen LogP contribution in [0.2, 0.25) is 0 Å². The van der Waals surface area contributed by atoms with E-state index in [9.17, 15) is 0 Å². The van der Waals surface area contributed by atoms with Crippen molar-refractivity contribution >= 4 is 16.7 Å². The van der Waals surface area contributed by atoms with Gasteiger partial charge in [0, 0.05) is 18.5 Å². The molecule has 18 heavy (non-hydrogen) atoms. The van der Waals surface area contributed by atoms with E-state index >= 15 is 0 Å². The van der Waals surface area contributed by atoms with Crippen molar-refractivity contribution in [1.29, 1.82) is 0 Å². The monoisotopic (exact) mass is 241 g/mol.